The number of aliphatic hydroxyl groups excluding tert-OH is 4. The smallest absolute Gasteiger partial charge is 0.119 e. The van der Waals surface area contributed by atoms with E-state index in [1.54, 1.807) is 0 Å². The van der Waals surface area contributed by atoms with Crippen LogP contribution in [0.1, 0.15) is 58.6 Å². The van der Waals surface area contributed by atoms with Crippen molar-refractivity contribution in [1.29, 1.82) is 0 Å². The number of fused-ring (bicyclic) bond motifs is 1. The van der Waals surface area contributed by atoms with E-state index in [0.29, 0.717) is 18.6 Å². The summed E-state index contributed by atoms with van der Waals surface area (Å²) in [6.07, 6.45) is -5.23. The van der Waals surface area contributed by atoms with Crippen molar-refractivity contribution < 1.29 is 34.6 Å². The highest BCUT2D eigenvalue weighted by atomic mass is 16.5. The molecule has 196 valence electrons. The van der Waals surface area contributed by atoms with Crippen LogP contribution in [0.4, 0.5) is 0 Å². The van der Waals surface area contributed by atoms with Crippen LogP contribution >= 0.6 is 0 Å². The standard InChI is InChI=1S/C30H34O7/c1-17-7-10-20(30-29(34)28(33)27(32)25(15-31)37-30)14-21(17)13-19-8-11-22(12-9-19)35-16-26-24-6-4-3-5-23(24)18(2)36-26/h3-12,14,18,25-34H,13,15-16H2,1-2H3/t18?,25-,26?,27-,28+,29-,30+/m1/s1. The summed E-state index contributed by atoms with van der Waals surface area (Å²) in [7, 11) is 0. The van der Waals surface area contributed by atoms with E-state index in [1.165, 1.54) is 11.1 Å². The van der Waals surface area contributed by atoms with Crippen LogP contribution in [0.15, 0.2) is 66.7 Å². The third kappa shape index (κ3) is 5.29. The molecule has 7 heteroatoms. The molecule has 7 nitrogen and oxygen atoms in total. The lowest BCUT2D eigenvalue weighted by Crippen LogP contribution is -2.55. The van der Waals surface area contributed by atoms with Gasteiger partial charge in [0.05, 0.1) is 12.7 Å². The minimum atomic E-state index is -1.40. The molecule has 0 radical (unpaired) electrons. The minimum absolute atomic E-state index is 0.0640. The molecule has 0 aromatic heterocycles. The fourth-order valence-corrected chi connectivity index (χ4v) is 5.23. The number of ether oxygens (including phenoxy) is 3. The average molecular weight is 507 g/mol. The second kappa shape index (κ2) is 10.9. The molecule has 3 aromatic carbocycles. The van der Waals surface area contributed by atoms with Gasteiger partial charge in [-0.3, -0.25) is 0 Å². The maximum absolute atomic E-state index is 10.5. The molecular formula is C30H34O7. The molecule has 2 unspecified atom stereocenters. The summed E-state index contributed by atoms with van der Waals surface area (Å²) < 4.78 is 17.8. The summed E-state index contributed by atoms with van der Waals surface area (Å²) in [4.78, 5) is 0. The van der Waals surface area contributed by atoms with Crippen LogP contribution in [0.5, 0.6) is 5.75 Å². The van der Waals surface area contributed by atoms with Gasteiger partial charge in [-0.15, -0.1) is 0 Å². The van der Waals surface area contributed by atoms with Crippen molar-refractivity contribution in [1.82, 2.24) is 0 Å². The number of hydrogen-bond acceptors (Lipinski definition) is 7. The van der Waals surface area contributed by atoms with Crippen LogP contribution in [-0.2, 0) is 15.9 Å². The summed E-state index contributed by atoms with van der Waals surface area (Å²) in [6, 6.07) is 22.0. The molecular weight excluding hydrogens is 472 g/mol. The number of aryl methyl sites for hydroxylation is 1. The molecule has 0 saturated carbocycles. The number of aliphatic hydroxyl groups is 4. The van der Waals surface area contributed by atoms with E-state index in [0.717, 1.165) is 22.4 Å². The molecule has 0 aliphatic carbocycles. The van der Waals surface area contributed by atoms with Gasteiger partial charge in [0, 0.05) is 0 Å². The first-order valence-electron chi connectivity index (χ1n) is 12.7. The van der Waals surface area contributed by atoms with Gasteiger partial charge in [0.25, 0.3) is 0 Å². The third-order valence-corrected chi connectivity index (χ3v) is 7.46. The van der Waals surface area contributed by atoms with Gasteiger partial charge in [-0.2, -0.15) is 0 Å². The molecule has 7 atom stereocenters. The van der Waals surface area contributed by atoms with Crippen molar-refractivity contribution in [3.05, 3.63) is 100 Å². The molecule has 37 heavy (non-hydrogen) atoms. The lowest BCUT2D eigenvalue weighted by Gasteiger charge is -2.40. The second-order valence-electron chi connectivity index (χ2n) is 9.96. The molecule has 5 rings (SSSR count). The Bertz CT molecular complexity index is 1210. The van der Waals surface area contributed by atoms with Crippen LogP contribution in [0.25, 0.3) is 0 Å². The third-order valence-electron chi connectivity index (χ3n) is 7.46. The van der Waals surface area contributed by atoms with Crippen molar-refractivity contribution in [2.75, 3.05) is 13.2 Å². The Morgan fingerprint density at radius 3 is 2.30 bits per heavy atom. The summed E-state index contributed by atoms with van der Waals surface area (Å²) in [5.41, 5.74) is 6.31. The maximum atomic E-state index is 10.5. The molecule has 0 amide bonds. The quantitative estimate of drug-likeness (QED) is 0.389. The highest BCUT2D eigenvalue weighted by Gasteiger charge is 2.44. The first kappa shape index (κ1) is 25.9. The van der Waals surface area contributed by atoms with Crippen LogP contribution < -0.4 is 4.74 Å². The predicted octanol–water partition coefficient (Wildman–Crippen LogP) is 3.31. The summed E-state index contributed by atoms with van der Waals surface area (Å²) in [5, 5.41) is 40.3. The van der Waals surface area contributed by atoms with E-state index >= 15 is 0 Å². The molecule has 0 bridgehead atoms. The highest BCUT2D eigenvalue weighted by Crippen LogP contribution is 2.39. The Kier molecular flexibility index (Phi) is 7.62. The zero-order chi connectivity index (χ0) is 26.1. The van der Waals surface area contributed by atoms with Gasteiger partial charge < -0.3 is 34.6 Å². The van der Waals surface area contributed by atoms with Crippen LogP contribution in [0.2, 0.25) is 0 Å². The van der Waals surface area contributed by atoms with Crippen molar-refractivity contribution in [2.24, 2.45) is 0 Å². The van der Waals surface area contributed by atoms with Crippen molar-refractivity contribution >= 4 is 0 Å². The summed E-state index contributed by atoms with van der Waals surface area (Å²) >= 11 is 0. The van der Waals surface area contributed by atoms with E-state index in [9.17, 15) is 20.4 Å². The largest absolute Gasteiger partial charge is 0.491 e. The summed E-state index contributed by atoms with van der Waals surface area (Å²) in [6.45, 7) is 4.07. The fraction of sp³-hybridized carbons (Fsp3) is 0.400. The zero-order valence-corrected chi connectivity index (χ0v) is 21.0. The van der Waals surface area contributed by atoms with E-state index in [4.69, 9.17) is 14.2 Å². The fourth-order valence-electron chi connectivity index (χ4n) is 5.23. The summed E-state index contributed by atoms with van der Waals surface area (Å²) in [5.74, 6) is 0.774. The Morgan fingerprint density at radius 1 is 0.838 bits per heavy atom. The molecule has 1 saturated heterocycles. The predicted molar refractivity (Wildman–Crippen MR) is 137 cm³/mol. The second-order valence-corrected chi connectivity index (χ2v) is 9.96. The zero-order valence-electron chi connectivity index (χ0n) is 21.0. The minimum Gasteiger partial charge on any atom is -0.491 e. The van der Waals surface area contributed by atoms with Crippen LogP contribution in [-0.4, -0.2) is 58.1 Å². The van der Waals surface area contributed by atoms with E-state index < -0.39 is 37.1 Å². The van der Waals surface area contributed by atoms with Gasteiger partial charge in [0.1, 0.15) is 49.0 Å². The van der Waals surface area contributed by atoms with Crippen molar-refractivity contribution in [3.63, 3.8) is 0 Å². The van der Waals surface area contributed by atoms with Gasteiger partial charge in [0.15, 0.2) is 0 Å². The van der Waals surface area contributed by atoms with Gasteiger partial charge >= 0.3 is 0 Å². The van der Waals surface area contributed by atoms with Gasteiger partial charge in [-0.05, 0) is 65.8 Å². The lowest BCUT2D eigenvalue weighted by molar-refractivity contribution is -0.231. The number of rotatable bonds is 7. The topological polar surface area (TPSA) is 109 Å². The Hall–Kier alpha value is -2.78. The first-order valence-corrected chi connectivity index (χ1v) is 12.7. The molecule has 0 spiro atoms. The van der Waals surface area contributed by atoms with E-state index in [2.05, 4.69) is 19.1 Å². The van der Waals surface area contributed by atoms with Gasteiger partial charge in [-0.25, -0.2) is 0 Å². The Labute approximate surface area is 216 Å². The monoisotopic (exact) mass is 506 g/mol. The number of hydrogen-bond donors (Lipinski definition) is 4. The van der Waals surface area contributed by atoms with Gasteiger partial charge in [-0.1, -0.05) is 54.6 Å². The van der Waals surface area contributed by atoms with Gasteiger partial charge in [0.2, 0.25) is 0 Å². The van der Waals surface area contributed by atoms with Crippen LogP contribution in [0.3, 0.4) is 0 Å². The lowest BCUT2D eigenvalue weighted by atomic mass is 9.89. The molecule has 4 N–H and O–H groups in total. The number of benzene rings is 3. The average Bonchev–Trinajstić information content (AvgIpc) is 3.24. The van der Waals surface area contributed by atoms with E-state index in [-0.39, 0.29) is 12.2 Å². The van der Waals surface area contributed by atoms with Crippen LogP contribution in [0, 0.1) is 6.92 Å². The molecule has 2 heterocycles. The normalized spacial score (nSPS) is 29.2. The molecule has 2 aliphatic rings. The van der Waals surface area contributed by atoms with Crippen molar-refractivity contribution in [3.8, 4) is 5.75 Å². The molecule has 3 aromatic rings. The molecule has 2 aliphatic heterocycles. The maximum Gasteiger partial charge on any atom is 0.119 e. The van der Waals surface area contributed by atoms with Crippen molar-refractivity contribution in [2.45, 2.75) is 63.0 Å². The Morgan fingerprint density at radius 2 is 1.57 bits per heavy atom. The van der Waals surface area contributed by atoms with E-state index in [1.807, 2.05) is 61.5 Å². The Balaban J connectivity index is 1.25. The SMILES string of the molecule is Cc1ccc([C@@H]2O[C@H](CO)[C@@H](O)[C@H](O)[C@H]2O)cc1Cc1ccc(OCC2OC(C)c3ccccc32)cc1. The highest BCUT2D eigenvalue weighted by molar-refractivity contribution is 5.39. The first-order chi connectivity index (χ1) is 17.9. The molecule has 1 fully saturated rings.